The molecule has 136 valence electrons. The van der Waals surface area contributed by atoms with Gasteiger partial charge in [0, 0.05) is 31.5 Å². The molecule has 0 aliphatic carbocycles. The number of nitrogens with one attached hydrogen (secondary N) is 1. The van der Waals surface area contributed by atoms with Crippen molar-refractivity contribution in [2.75, 3.05) is 26.3 Å². The molecule has 1 spiro atoms. The first-order valence-electron chi connectivity index (χ1n) is 8.93. The number of nitrogens with zero attached hydrogens (tertiary/aromatic N) is 1. The molecule has 6 nitrogen and oxygen atoms in total. The topological polar surface area (TPSA) is 67.9 Å². The summed E-state index contributed by atoms with van der Waals surface area (Å²) in [4.78, 5) is 27.2. The van der Waals surface area contributed by atoms with Crippen LogP contribution in [-0.4, -0.2) is 54.8 Å². The van der Waals surface area contributed by atoms with Gasteiger partial charge in [-0.25, -0.2) is 0 Å². The predicted molar refractivity (Wildman–Crippen MR) is 93.0 cm³/mol. The first kappa shape index (κ1) is 17.9. The van der Waals surface area contributed by atoms with Crippen LogP contribution in [0.25, 0.3) is 0 Å². The van der Waals surface area contributed by atoms with Crippen molar-refractivity contribution in [1.29, 1.82) is 0 Å². The molecular formula is C19H26N2O4. The zero-order valence-electron chi connectivity index (χ0n) is 14.9. The summed E-state index contributed by atoms with van der Waals surface area (Å²) in [6, 6.07) is 8.44. The van der Waals surface area contributed by atoms with E-state index in [-0.39, 0.29) is 17.7 Å². The Labute approximate surface area is 148 Å². The van der Waals surface area contributed by atoms with E-state index >= 15 is 0 Å². The second kappa shape index (κ2) is 7.54. The zero-order valence-corrected chi connectivity index (χ0v) is 14.9. The molecule has 0 radical (unpaired) electrons. The molecular weight excluding hydrogens is 320 g/mol. The number of benzene rings is 1. The fourth-order valence-corrected chi connectivity index (χ4v) is 3.38. The lowest BCUT2D eigenvalue weighted by Gasteiger charge is -2.39. The van der Waals surface area contributed by atoms with E-state index in [1.54, 1.807) is 12.1 Å². The lowest BCUT2D eigenvalue weighted by molar-refractivity contribution is -0.188. The number of amides is 2. The predicted octanol–water partition coefficient (Wildman–Crippen LogP) is 1.81. The van der Waals surface area contributed by atoms with E-state index in [1.165, 1.54) is 0 Å². The third-order valence-corrected chi connectivity index (χ3v) is 4.91. The van der Waals surface area contributed by atoms with Gasteiger partial charge in [-0.1, -0.05) is 32.0 Å². The highest BCUT2D eigenvalue weighted by atomic mass is 16.7. The summed E-state index contributed by atoms with van der Waals surface area (Å²) in [5.41, 5.74) is 0.561. The summed E-state index contributed by atoms with van der Waals surface area (Å²) >= 11 is 0. The molecule has 0 bridgehead atoms. The van der Waals surface area contributed by atoms with E-state index in [0.29, 0.717) is 44.7 Å². The van der Waals surface area contributed by atoms with E-state index in [9.17, 15) is 9.59 Å². The van der Waals surface area contributed by atoms with Crippen LogP contribution < -0.4 is 5.32 Å². The van der Waals surface area contributed by atoms with E-state index in [4.69, 9.17) is 9.47 Å². The number of hydrogen-bond acceptors (Lipinski definition) is 4. The summed E-state index contributed by atoms with van der Waals surface area (Å²) in [6.07, 6.45) is 1.35. The van der Waals surface area contributed by atoms with Gasteiger partial charge < -0.3 is 19.7 Å². The van der Waals surface area contributed by atoms with Crippen LogP contribution >= 0.6 is 0 Å². The van der Waals surface area contributed by atoms with Gasteiger partial charge in [0.25, 0.3) is 5.91 Å². The van der Waals surface area contributed by atoms with Crippen molar-refractivity contribution < 1.29 is 19.1 Å². The van der Waals surface area contributed by atoms with Crippen LogP contribution in [0.2, 0.25) is 0 Å². The van der Waals surface area contributed by atoms with Crippen LogP contribution in [0.5, 0.6) is 0 Å². The van der Waals surface area contributed by atoms with Gasteiger partial charge >= 0.3 is 0 Å². The molecule has 3 rings (SSSR count). The highest BCUT2D eigenvalue weighted by Gasteiger charge is 2.42. The van der Waals surface area contributed by atoms with Crippen LogP contribution in [0, 0.1) is 5.92 Å². The monoisotopic (exact) mass is 346 g/mol. The molecule has 2 aliphatic heterocycles. The number of likely N-dealkylation sites (tertiary alicyclic amines) is 1. The average molecular weight is 346 g/mol. The van der Waals surface area contributed by atoms with Gasteiger partial charge in [-0.15, -0.1) is 0 Å². The number of piperidine rings is 1. The Morgan fingerprint density at radius 1 is 1.08 bits per heavy atom. The number of ether oxygens (including phenoxy) is 2. The second-order valence-corrected chi connectivity index (χ2v) is 6.99. The SMILES string of the molecule is CC(C)[C@@H](NC(=O)c1ccccc1)C(=O)N1CCC2(CC1)OCCO2. The lowest BCUT2D eigenvalue weighted by Crippen LogP contribution is -2.55. The van der Waals surface area contributed by atoms with Crippen LogP contribution in [0.3, 0.4) is 0 Å². The maximum atomic E-state index is 12.9. The van der Waals surface area contributed by atoms with Crippen molar-refractivity contribution in [3.8, 4) is 0 Å². The minimum absolute atomic E-state index is 0.00929. The minimum Gasteiger partial charge on any atom is -0.347 e. The van der Waals surface area contributed by atoms with Crippen molar-refractivity contribution in [1.82, 2.24) is 10.2 Å². The third-order valence-electron chi connectivity index (χ3n) is 4.91. The van der Waals surface area contributed by atoms with Crippen molar-refractivity contribution in [2.24, 2.45) is 5.92 Å². The van der Waals surface area contributed by atoms with Gasteiger partial charge in [-0.05, 0) is 18.1 Å². The molecule has 6 heteroatoms. The number of hydrogen-bond donors (Lipinski definition) is 1. The van der Waals surface area contributed by atoms with Crippen molar-refractivity contribution in [3.63, 3.8) is 0 Å². The highest BCUT2D eigenvalue weighted by molar-refractivity contribution is 5.97. The minimum atomic E-state index is -0.535. The molecule has 1 aromatic carbocycles. The summed E-state index contributed by atoms with van der Waals surface area (Å²) in [6.45, 7) is 6.31. The molecule has 2 aliphatic rings. The first-order chi connectivity index (χ1) is 12.0. The number of carbonyl (C=O) groups excluding carboxylic acids is 2. The molecule has 0 aromatic heterocycles. The average Bonchev–Trinajstić information content (AvgIpc) is 3.08. The van der Waals surface area contributed by atoms with E-state index in [1.807, 2.05) is 36.9 Å². The lowest BCUT2D eigenvalue weighted by atomic mass is 9.98. The first-order valence-corrected chi connectivity index (χ1v) is 8.93. The molecule has 2 saturated heterocycles. The normalized spacial score (nSPS) is 20.7. The van der Waals surface area contributed by atoms with Gasteiger partial charge in [-0.2, -0.15) is 0 Å². The molecule has 1 N–H and O–H groups in total. The Balaban J connectivity index is 1.62. The Hall–Kier alpha value is -1.92. The maximum Gasteiger partial charge on any atom is 0.251 e. The Morgan fingerprint density at radius 3 is 2.24 bits per heavy atom. The second-order valence-electron chi connectivity index (χ2n) is 6.99. The summed E-state index contributed by atoms with van der Waals surface area (Å²) in [7, 11) is 0. The summed E-state index contributed by atoms with van der Waals surface area (Å²) in [5, 5.41) is 2.90. The van der Waals surface area contributed by atoms with Crippen LogP contribution in [0.4, 0.5) is 0 Å². The molecule has 0 unspecified atom stereocenters. The summed E-state index contributed by atoms with van der Waals surface area (Å²) < 4.78 is 11.4. The molecule has 0 saturated carbocycles. The van der Waals surface area contributed by atoms with Crippen LogP contribution in [0.15, 0.2) is 30.3 Å². The van der Waals surface area contributed by atoms with E-state index < -0.39 is 11.8 Å². The third kappa shape index (κ3) is 4.02. The van der Waals surface area contributed by atoms with Gasteiger partial charge in [0.05, 0.1) is 13.2 Å². The highest BCUT2D eigenvalue weighted by Crippen LogP contribution is 2.31. The fraction of sp³-hybridized carbons (Fsp3) is 0.579. The Morgan fingerprint density at radius 2 is 1.68 bits per heavy atom. The number of rotatable bonds is 4. The molecule has 2 amide bonds. The largest absolute Gasteiger partial charge is 0.347 e. The maximum absolute atomic E-state index is 12.9. The fourth-order valence-electron chi connectivity index (χ4n) is 3.38. The van der Waals surface area contributed by atoms with Gasteiger partial charge in [-0.3, -0.25) is 9.59 Å². The molecule has 25 heavy (non-hydrogen) atoms. The molecule has 1 aromatic rings. The van der Waals surface area contributed by atoms with Crippen LogP contribution in [-0.2, 0) is 14.3 Å². The zero-order chi connectivity index (χ0) is 17.9. The van der Waals surface area contributed by atoms with Gasteiger partial charge in [0.2, 0.25) is 5.91 Å². The van der Waals surface area contributed by atoms with E-state index in [0.717, 1.165) is 0 Å². The van der Waals surface area contributed by atoms with Crippen LogP contribution in [0.1, 0.15) is 37.0 Å². The van der Waals surface area contributed by atoms with Gasteiger partial charge in [0.1, 0.15) is 6.04 Å². The van der Waals surface area contributed by atoms with Crippen molar-refractivity contribution >= 4 is 11.8 Å². The Kier molecular flexibility index (Phi) is 5.39. The Bertz CT molecular complexity index is 601. The molecule has 2 heterocycles. The number of carbonyl (C=O) groups is 2. The molecule has 2 fully saturated rings. The van der Waals surface area contributed by atoms with Crippen molar-refractivity contribution in [2.45, 2.75) is 38.5 Å². The standard InChI is InChI=1S/C19H26N2O4/c1-14(2)16(20-17(22)15-6-4-3-5-7-15)18(23)21-10-8-19(9-11-21)24-12-13-25-19/h3-7,14,16H,8-13H2,1-2H3,(H,20,22)/t16-/m1/s1. The molecule has 1 atom stereocenters. The quantitative estimate of drug-likeness (QED) is 0.903. The van der Waals surface area contributed by atoms with E-state index in [2.05, 4.69) is 5.32 Å². The smallest absolute Gasteiger partial charge is 0.251 e. The van der Waals surface area contributed by atoms with Crippen molar-refractivity contribution in [3.05, 3.63) is 35.9 Å². The summed E-state index contributed by atoms with van der Waals surface area (Å²) in [5.74, 6) is -0.747. The van der Waals surface area contributed by atoms with Gasteiger partial charge in [0.15, 0.2) is 5.79 Å².